The zero-order valence-electron chi connectivity index (χ0n) is 11.8. The molecule has 0 aromatic heterocycles. The van der Waals surface area contributed by atoms with Crippen LogP contribution in [-0.4, -0.2) is 23.5 Å². The molecule has 0 aliphatic carbocycles. The van der Waals surface area contributed by atoms with E-state index >= 15 is 0 Å². The van der Waals surface area contributed by atoms with Crippen molar-refractivity contribution in [1.82, 2.24) is 4.90 Å². The monoisotopic (exact) mass is 246 g/mol. The molecule has 18 heavy (non-hydrogen) atoms. The third-order valence-electron chi connectivity index (χ3n) is 4.72. The van der Waals surface area contributed by atoms with E-state index in [4.69, 9.17) is 5.73 Å². The highest BCUT2D eigenvalue weighted by Gasteiger charge is 2.32. The SMILES string of the molecule is CCC(CC)(CN)N1CCCc2ccccc2C1. The van der Waals surface area contributed by atoms with E-state index in [1.54, 1.807) is 0 Å². The standard InChI is InChI=1S/C16H26N2/c1-3-16(4-2,13-17)18-11-7-10-14-8-5-6-9-15(14)12-18/h5-6,8-9H,3-4,7,10-13,17H2,1-2H3. The van der Waals surface area contributed by atoms with Crippen LogP contribution in [0.1, 0.15) is 44.2 Å². The van der Waals surface area contributed by atoms with Gasteiger partial charge in [-0.05, 0) is 43.4 Å². The van der Waals surface area contributed by atoms with Crippen LogP contribution in [0.2, 0.25) is 0 Å². The summed E-state index contributed by atoms with van der Waals surface area (Å²) in [6, 6.07) is 8.87. The number of aryl methyl sites for hydroxylation is 1. The molecule has 0 bridgehead atoms. The van der Waals surface area contributed by atoms with Crippen molar-refractivity contribution in [3.05, 3.63) is 35.4 Å². The molecule has 2 rings (SSSR count). The van der Waals surface area contributed by atoms with Gasteiger partial charge in [0.15, 0.2) is 0 Å². The third-order valence-corrected chi connectivity index (χ3v) is 4.72. The van der Waals surface area contributed by atoms with Gasteiger partial charge in [0.2, 0.25) is 0 Å². The van der Waals surface area contributed by atoms with Gasteiger partial charge in [-0.3, -0.25) is 4.90 Å². The molecule has 0 saturated carbocycles. The minimum absolute atomic E-state index is 0.192. The second-order valence-corrected chi connectivity index (χ2v) is 5.43. The van der Waals surface area contributed by atoms with E-state index in [-0.39, 0.29) is 5.54 Å². The van der Waals surface area contributed by atoms with Crippen molar-refractivity contribution in [3.8, 4) is 0 Å². The van der Waals surface area contributed by atoms with Gasteiger partial charge in [0, 0.05) is 18.6 Å². The molecule has 2 nitrogen and oxygen atoms in total. The van der Waals surface area contributed by atoms with Crippen molar-refractivity contribution >= 4 is 0 Å². The molecule has 0 atom stereocenters. The number of hydrogen-bond donors (Lipinski definition) is 1. The molecule has 1 aliphatic heterocycles. The summed E-state index contributed by atoms with van der Waals surface area (Å²) < 4.78 is 0. The van der Waals surface area contributed by atoms with Gasteiger partial charge in [0.25, 0.3) is 0 Å². The van der Waals surface area contributed by atoms with Gasteiger partial charge < -0.3 is 5.73 Å². The van der Waals surface area contributed by atoms with Crippen LogP contribution in [0, 0.1) is 0 Å². The number of benzene rings is 1. The first-order valence-corrected chi connectivity index (χ1v) is 7.27. The first-order valence-electron chi connectivity index (χ1n) is 7.27. The predicted molar refractivity (Wildman–Crippen MR) is 77.5 cm³/mol. The van der Waals surface area contributed by atoms with Crippen LogP contribution in [-0.2, 0) is 13.0 Å². The first-order chi connectivity index (χ1) is 8.75. The average molecular weight is 246 g/mol. The van der Waals surface area contributed by atoms with Gasteiger partial charge in [-0.25, -0.2) is 0 Å². The van der Waals surface area contributed by atoms with E-state index in [1.807, 2.05) is 0 Å². The van der Waals surface area contributed by atoms with Gasteiger partial charge in [0.05, 0.1) is 0 Å². The van der Waals surface area contributed by atoms with Gasteiger partial charge in [-0.1, -0.05) is 38.1 Å². The number of nitrogens with zero attached hydrogens (tertiary/aromatic N) is 1. The number of fused-ring (bicyclic) bond motifs is 1. The van der Waals surface area contributed by atoms with Gasteiger partial charge in [-0.15, -0.1) is 0 Å². The zero-order chi connectivity index (χ0) is 13.0. The molecule has 1 aliphatic rings. The van der Waals surface area contributed by atoms with Crippen LogP contribution in [0.25, 0.3) is 0 Å². The molecule has 100 valence electrons. The van der Waals surface area contributed by atoms with Gasteiger partial charge in [0.1, 0.15) is 0 Å². The van der Waals surface area contributed by atoms with E-state index < -0.39 is 0 Å². The number of rotatable bonds is 4. The van der Waals surface area contributed by atoms with Crippen molar-refractivity contribution < 1.29 is 0 Å². The maximum atomic E-state index is 6.09. The smallest absolute Gasteiger partial charge is 0.0330 e. The highest BCUT2D eigenvalue weighted by molar-refractivity contribution is 5.28. The Morgan fingerprint density at radius 2 is 1.83 bits per heavy atom. The highest BCUT2D eigenvalue weighted by Crippen LogP contribution is 2.28. The highest BCUT2D eigenvalue weighted by atomic mass is 15.2. The summed E-state index contributed by atoms with van der Waals surface area (Å²) in [5, 5.41) is 0. The summed E-state index contributed by atoms with van der Waals surface area (Å²) >= 11 is 0. The normalized spacial score (nSPS) is 17.3. The van der Waals surface area contributed by atoms with Crippen molar-refractivity contribution in [2.75, 3.05) is 13.1 Å². The van der Waals surface area contributed by atoms with Crippen LogP contribution < -0.4 is 5.73 Å². The van der Waals surface area contributed by atoms with E-state index in [9.17, 15) is 0 Å². The molecule has 0 amide bonds. The second kappa shape index (κ2) is 5.85. The van der Waals surface area contributed by atoms with E-state index in [0.717, 1.165) is 25.9 Å². The Hall–Kier alpha value is -0.860. The van der Waals surface area contributed by atoms with E-state index in [0.29, 0.717) is 0 Å². The Kier molecular flexibility index (Phi) is 4.41. The molecule has 0 spiro atoms. The topological polar surface area (TPSA) is 29.3 Å². The summed E-state index contributed by atoms with van der Waals surface area (Å²) in [5.41, 5.74) is 9.30. The lowest BCUT2D eigenvalue weighted by Gasteiger charge is -2.42. The minimum atomic E-state index is 0.192. The molecule has 0 fully saturated rings. The Balaban J connectivity index is 2.26. The van der Waals surface area contributed by atoms with Crippen LogP contribution in [0.15, 0.2) is 24.3 Å². The Morgan fingerprint density at radius 3 is 2.44 bits per heavy atom. The molecule has 0 saturated heterocycles. The summed E-state index contributed by atoms with van der Waals surface area (Å²) in [6.07, 6.45) is 4.74. The summed E-state index contributed by atoms with van der Waals surface area (Å²) in [4.78, 5) is 2.62. The summed E-state index contributed by atoms with van der Waals surface area (Å²) in [7, 11) is 0. The van der Waals surface area contributed by atoms with Crippen LogP contribution in [0.3, 0.4) is 0 Å². The lowest BCUT2D eigenvalue weighted by Crippen LogP contribution is -2.52. The predicted octanol–water partition coefficient (Wildman–Crippen LogP) is 2.95. The van der Waals surface area contributed by atoms with E-state index in [2.05, 4.69) is 43.0 Å². The maximum Gasteiger partial charge on any atom is 0.0330 e. The quantitative estimate of drug-likeness (QED) is 0.885. The third kappa shape index (κ3) is 2.45. The first kappa shape index (κ1) is 13.6. The van der Waals surface area contributed by atoms with Crippen molar-refractivity contribution in [1.29, 1.82) is 0 Å². The summed E-state index contributed by atoms with van der Waals surface area (Å²) in [5.74, 6) is 0. The Bertz CT molecular complexity index is 374. The Morgan fingerprint density at radius 1 is 1.17 bits per heavy atom. The molecular formula is C16H26N2. The van der Waals surface area contributed by atoms with Crippen molar-refractivity contribution in [3.63, 3.8) is 0 Å². The largest absolute Gasteiger partial charge is 0.329 e. The molecule has 1 aromatic carbocycles. The number of nitrogens with two attached hydrogens (primary N) is 1. The number of hydrogen-bond acceptors (Lipinski definition) is 2. The van der Waals surface area contributed by atoms with Crippen LogP contribution in [0.4, 0.5) is 0 Å². The van der Waals surface area contributed by atoms with Crippen molar-refractivity contribution in [2.45, 2.75) is 51.6 Å². The van der Waals surface area contributed by atoms with Crippen LogP contribution >= 0.6 is 0 Å². The molecule has 2 N–H and O–H groups in total. The lowest BCUT2D eigenvalue weighted by atomic mass is 9.90. The average Bonchev–Trinajstić information content (AvgIpc) is 2.64. The fraction of sp³-hybridized carbons (Fsp3) is 0.625. The molecule has 0 radical (unpaired) electrons. The Labute approximate surface area is 111 Å². The van der Waals surface area contributed by atoms with Gasteiger partial charge in [-0.2, -0.15) is 0 Å². The molecule has 2 heteroatoms. The summed E-state index contributed by atoms with van der Waals surface area (Å²) in [6.45, 7) is 7.55. The molecule has 1 aromatic rings. The maximum absolute atomic E-state index is 6.09. The minimum Gasteiger partial charge on any atom is -0.329 e. The molecule has 1 heterocycles. The van der Waals surface area contributed by atoms with Crippen LogP contribution in [0.5, 0.6) is 0 Å². The fourth-order valence-corrected chi connectivity index (χ4v) is 3.22. The van der Waals surface area contributed by atoms with Crippen molar-refractivity contribution in [2.24, 2.45) is 5.73 Å². The molecular weight excluding hydrogens is 220 g/mol. The van der Waals surface area contributed by atoms with E-state index in [1.165, 1.54) is 30.5 Å². The molecule has 0 unspecified atom stereocenters. The second-order valence-electron chi connectivity index (χ2n) is 5.43. The van der Waals surface area contributed by atoms with Gasteiger partial charge >= 0.3 is 0 Å². The lowest BCUT2D eigenvalue weighted by molar-refractivity contribution is 0.0783. The zero-order valence-corrected chi connectivity index (χ0v) is 11.8. The fourth-order valence-electron chi connectivity index (χ4n) is 3.22.